The van der Waals surface area contributed by atoms with E-state index in [1.165, 1.54) is 6.07 Å². The molecule has 0 saturated carbocycles. The van der Waals surface area contributed by atoms with Gasteiger partial charge in [0.15, 0.2) is 5.76 Å². The van der Waals surface area contributed by atoms with Crippen LogP contribution >= 0.6 is 0 Å². The lowest BCUT2D eigenvalue weighted by Gasteiger charge is -1.97. The minimum Gasteiger partial charge on any atom is -0.508 e. The van der Waals surface area contributed by atoms with Crippen LogP contribution in [0.3, 0.4) is 0 Å². The van der Waals surface area contributed by atoms with Crippen LogP contribution < -0.4 is 0 Å². The zero-order valence-electron chi connectivity index (χ0n) is 10.4. The molecule has 0 fully saturated rings. The number of ketones is 1. The molecule has 0 aliphatic rings. The molecule has 3 nitrogen and oxygen atoms in total. The Labute approximate surface area is 110 Å². The summed E-state index contributed by atoms with van der Waals surface area (Å²) in [6.45, 7) is 1.97. The van der Waals surface area contributed by atoms with Gasteiger partial charge < -0.3 is 9.52 Å². The van der Waals surface area contributed by atoms with Gasteiger partial charge in [-0.3, -0.25) is 4.79 Å². The van der Waals surface area contributed by atoms with Crippen molar-refractivity contribution in [2.45, 2.75) is 6.92 Å². The topological polar surface area (TPSA) is 50.4 Å². The highest BCUT2D eigenvalue weighted by molar-refractivity contribution is 6.09. The average molecular weight is 252 g/mol. The molecule has 3 rings (SSSR count). The Morgan fingerprint density at radius 3 is 2.53 bits per heavy atom. The van der Waals surface area contributed by atoms with Gasteiger partial charge in [0.05, 0.1) is 0 Å². The van der Waals surface area contributed by atoms with Crippen molar-refractivity contribution in [2.75, 3.05) is 0 Å². The normalized spacial score (nSPS) is 10.8. The average Bonchev–Trinajstić information content (AvgIpc) is 2.81. The molecule has 0 unspecified atom stereocenters. The van der Waals surface area contributed by atoms with Crippen molar-refractivity contribution in [3.63, 3.8) is 0 Å². The number of carbonyl (C=O) groups is 1. The molecular weight excluding hydrogens is 240 g/mol. The first-order valence-corrected chi connectivity index (χ1v) is 5.97. The summed E-state index contributed by atoms with van der Waals surface area (Å²) < 4.78 is 5.51. The van der Waals surface area contributed by atoms with Crippen molar-refractivity contribution in [1.82, 2.24) is 0 Å². The van der Waals surface area contributed by atoms with Gasteiger partial charge in [0.25, 0.3) is 0 Å². The van der Waals surface area contributed by atoms with Gasteiger partial charge in [0, 0.05) is 10.9 Å². The lowest BCUT2D eigenvalue weighted by Crippen LogP contribution is -1.98. The molecule has 2 aromatic carbocycles. The van der Waals surface area contributed by atoms with E-state index in [2.05, 4.69) is 0 Å². The smallest absolute Gasteiger partial charge is 0.228 e. The van der Waals surface area contributed by atoms with Crippen LogP contribution in [0, 0.1) is 6.92 Å². The summed E-state index contributed by atoms with van der Waals surface area (Å²) in [5, 5.41) is 10.1. The van der Waals surface area contributed by atoms with Gasteiger partial charge in [0.2, 0.25) is 5.78 Å². The molecule has 0 aliphatic heterocycles. The summed E-state index contributed by atoms with van der Waals surface area (Å²) in [6, 6.07) is 13.7. The van der Waals surface area contributed by atoms with Gasteiger partial charge in [-0.1, -0.05) is 29.8 Å². The van der Waals surface area contributed by atoms with Crippen molar-refractivity contribution in [2.24, 2.45) is 0 Å². The third-order valence-electron chi connectivity index (χ3n) is 3.04. The van der Waals surface area contributed by atoms with Crippen LogP contribution in [0.5, 0.6) is 5.75 Å². The second-order valence-corrected chi connectivity index (χ2v) is 4.53. The number of rotatable bonds is 2. The van der Waals surface area contributed by atoms with Gasteiger partial charge in [-0.05, 0) is 31.2 Å². The summed E-state index contributed by atoms with van der Waals surface area (Å²) in [5.74, 6) is 0.280. The molecule has 0 radical (unpaired) electrons. The molecule has 0 atom stereocenters. The minimum atomic E-state index is -0.157. The fourth-order valence-electron chi connectivity index (χ4n) is 1.99. The Bertz CT molecular complexity index is 751. The first-order chi connectivity index (χ1) is 9.13. The largest absolute Gasteiger partial charge is 0.508 e. The van der Waals surface area contributed by atoms with E-state index in [0.717, 1.165) is 10.9 Å². The number of hydrogen-bond donors (Lipinski definition) is 1. The number of aromatic hydroxyl groups is 1. The molecule has 1 aromatic heterocycles. The monoisotopic (exact) mass is 252 g/mol. The number of phenols is 1. The maximum absolute atomic E-state index is 12.3. The van der Waals surface area contributed by atoms with Gasteiger partial charge in [-0.2, -0.15) is 0 Å². The highest BCUT2D eigenvalue weighted by atomic mass is 16.3. The molecule has 1 heterocycles. The van der Waals surface area contributed by atoms with Crippen molar-refractivity contribution in [3.05, 3.63) is 65.4 Å². The van der Waals surface area contributed by atoms with Crippen LogP contribution in [-0.4, -0.2) is 10.9 Å². The number of hydrogen-bond acceptors (Lipinski definition) is 3. The SMILES string of the molecule is Cc1ccc(C(=O)c2cc3cc(O)ccc3o2)cc1. The molecule has 0 saturated heterocycles. The molecule has 0 aliphatic carbocycles. The first-order valence-electron chi connectivity index (χ1n) is 5.97. The Balaban J connectivity index is 2.04. The van der Waals surface area contributed by atoms with E-state index in [-0.39, 0.29) is 17.3 Å². The van der Waals surface area contributed by atoms with E-state index in [1.54, 1.807) is 30.3 Å². The number of fused-ring (bicyclic) bond motifs is 1. The molecule has 19 heavy (non-hydrogen) atoms. The second-order valence-electron chi connectivity index (χ2n) is 4.53. The van der Waals surface area contributed by atoms with E-state index in [0.29, 0.717) is 11.1 Å². The third-order valence-corrected chi connectivity index (χ3v) is 3.04. The van der Waals surface area contributed by atoms with Crippen LogP contribution in [-0.2, 0) is 0 Å². The fourth-order valence-corrected chi connectivity index (χ4v) is 1.99. The minimum absolute atomic E-state index is 0.155. The fraction of sp³-hybridized carbons (Fsp3) is 0.0625. The van der Waals surface area contributed by atoms with Crippen LogP contribution in [0.2, 0.25) is 0 Å². The zero-order chi connectivity index (χ0) is 13.4. The van der Waals surface area contributed by atoms with Crippen LogP contribution in [0.1, 0.15) is 21.7 Å². The predicted molar refractivity (Wildman–Crippen MR) is 72.5 cm³/mol. The lowest BCUT2D eigenvalue weighted by atomic mass is 10.1. The number of furan rings is 1. The number of phenolic OH excluding ortho intramolecular Hbond substituents is 1. The molecule has 3 heteroatoms. The summed E-state index contributed by atoms with van der Waals surface area (Å²) >= 11 is 0. The Kier molecular flexibility index (Phi) is 2.60. The van der Waals surface area contributed by atoms with Crippen LogP contribution in [0.25, 0.3) is 11.0 Å². The van der Waals surface area contributed by atoms with Crippen LogP contribution in [0.4, 0.5) is 0 Å². The van der Waals surface area contributed by atoms with Crippen molar-refractivity contribution >= 4 is 16.8 Å². The Hall–Kier alpha value is -2.55. The molecule has 0 amide bonds. The quantitative estimate of drug-likeness (QED) is 0.708. The van der Waals surface area contributed by atoms with Crippen LogP contribution in [0.15, 0.2) is 52.9 Å². The van der Waals surface area contributed by atoms with Gasteiger partial charge in [-0.25, -0.2) is 0 Å². The summed E-state index contributed by atoms with van der Waals surface area (Å²) in [5.41, 5.74) is 2.29. The summed E-state index contributed by atoms with van der Waals surface area (Å²) in [7, 11) is 0. The van der Waals surface area contributed by atoms with E-state index in [4.69, 9.17) is 4.42 Å². The van der Waals surface area contributed by atoms with Gasteiger partial charge in [0.1, 0.15) is 11.3 Å². The molecular formula is C16H12O3. The van der Waals surface area contributed by atoms with Gasteiger partial charge >= 0.3 is 0 Å². The molecule has 1 N–H and O–H groups in total. The molecule has 94 valence electrons. The van der Waals surface area contributed by atoms with E-state index in [9.17, 15) is 9.90 Å². The summed E-state index contributed by atoms with van der Waals surface area (Å²) in [6.07, 6.45) is 0. The Morgan fingerprint density at radius 2 is 1.79 bits per heavy atom. The van der Waals surface area contributed by atoms with Crippen molar-refractivity contribution in [3.8, 4) is 5.75 Å². The zero-order valence-corrected chi connectivity index (χ0v) is 10.4. The molecule has 3 aromatic rings. The first kappa shape index (κ1) is 11.5. The lowest BCUT2D eigenvalue weighted by molar-refractivity contribution is 0.101. The Morgan fingerprint density at radius 1 is 1.05 bits per heavy atom. The number of carbonyl (C=O) groups excluding carboxylic acids is 1. The third kappa shape index (κ3) is 2.10. The summed E-state index contributed by atoms with van der Waals surface area (Å²) in [4.78, 5) is 12.3. The molecule has 0 spiro atoms. The highest BCUT2D eigenvalue weighted by Gasteiger charge is 2.14. The number of benzene rings is 2. The van der Waals surface area contributed by atoms with E-state index in [1.807, 2.05) is 19.1 Å². The molecule has 0 bridgehead atoms. The second kappa shape index (κ2) is 4.28. The maximum Gasteiger partial charge on any atom is 0.228 e. The standard InChI is InChI=1S/C16H12O3/c1-10-2-4-11(5-3-10)16(18)15-9-12-8-13(17)6-7-14(12)19-15/h2-9,17H,1H3. The van der Waals surface area contributed by atoms with E-state index >= 15 is 0 Å². The predicted octanol–water partition coefficient (Wildman–Crippen LogP) is 3.68. The van der Waals surface area contributed by atoms with Crippen molar-refractivity contribution in [1.29, 1.82) is 0 Å². The maximum atomic E-state index is 12.3. The highest BCUT2D eigenvalue weighted by Crippen LogP contribution is 2.25. The number of aryl methyl sites for hydroxylation is 1. The van der Waals surface area contributed by atoms with E-state index < -0.39 is 0 Å². The van der Waals surface area contributed by atoms with Crippen molar-refractivity contribution < 1.29 is 14.3 Å². The van der Waals surface area contributed by atoms with Gasteiger partial charge in [-0.15, -0.1) is 0 Å².